The summed E-state index contributed by atoms with van der Waals surface area (Å²) in [6.07, 6.45) is 3.42. The molecule has 0 aromatic rings. The second kappa shape index (κ2) is 7.77. The number of Topliss-reactive ketones (excluding diaryl/α,β-unsaturated/α-hetero) is 1. The Balaban J connectivity index is 2.37. The second-order valence-corrected chi connectivity index (χ2v) is 10.8. The highest BCUT2D eigenvalue weighted by atomic mass is 127. The quantitative estimate of drug-likeness (QED) is 0.267. The van der Waals surface area contributed by atoms with Crippen molar-refractivity contribution in [1.82, 2.24) is 4.90 Å². The van der Waals surface area contributed by atoms with Gasteiger partial charge in [0.2, 0.25) is 11.8 Å². The fourth-order valence-electron chi connectivity index (χ4n) is 2.14. The third-order valence-electron chi connectivity index (χ3n) is 3.04. The number of likely N-dealkylation sites (tertiary alicyclic amines) is 1. The molecule has 0 N–H and O–H groups in total. The molecule has 0 saturated carbocycles. The zero-order chi connectivity index (χ0) is 15.3. The van der Waals surface area contributed by atoms with Gasteiger partial charge in [-0.15, -0.1) is 11.8 Å². The number of ketones is 1. The van der Waals surface area contributed by atoms with Crippen molar-refractivity contribution in [1.29, 1.82) is 0 Å². The molecule has 1 fully saturated rings. The van der Waals surface area contributed by atoms with Crippen molar-refractivity contribution in [2.45, 2.75) is 60.9 Å². The summed E-state index contributed by atoms with van der Waals surface area (Å²) in [6, 6.07) is 0. The van der Waals surface area contributed by atoms with E-state index in [1.165, 1.54) is 4.90 Å². The van der Waals surface area contributed by atoms with Gasteiger partial charge in [0.05, 0.1) is 8.00 Å². The van der Waals surface area contributed by atoms with E-state index in [4.69, 9.17) is 0 Å². The Morgan fingerprint density at radius 3 is 2.55 bits per heavy atom. The van der Waals surface area contributed by atoms with Crippen molar-refractivity contribution in [3.05, 3.63) is 0 Å². The molecule has 1 unspecified atom stereocenters. The van der Waals surface area contributed by atoms with Gasteiger partial charge in [0.1, 0.15) is 5.78 Å². The number of rotatable bonds is 8. The zero-order valence-electron chi connectivity index (χ0n) is 12.3. The first-order valence-electron chi connectivity index (χ1n) is 6.91. The molecule has 1 aliphatic heterocycles. The van der Waals surface area contributed by atoms with Crippen LogP contribution in [0.2, 0.25) is 0 Å². The van der Waals surface area contributed by atoms with Gasteiger partial charge in [0.25, 0.3) is 0 Å². The number of carbonyl (C=O) groups is 3. The van der Waals surface area contributed by atoms with Crippen LogP contribution in [0.5, 0.6) is 0 Å². The lowest BCUT2D eigenvalue weighted by Crippen LogP contribution is -2.32. The van der Waals surface area contributed by atoms with E-state index >= 15 is 0 Å². The van der Waals surface area contributed by atoms with E-state index in [0.29, 0.717) is 19.4 Å². The Kier molecular flexibility index (Phi) is 6.97. The summed E-state index contributed by atoms with van der Waals surface area (Å²) in [5.41, 5.74) is 0. The van der Waals surface area contributed by atoms with Gasteiger partial charge in [-0.2, -0.15) is 0 Å². The fraction of sp³-hybridized carbons (Fsp3) is 0.786. The number of hydrogen-bond donors (Lipinski definition) is 0. The summed E-state index contributed by atoms with van der Waals surface area (Å²) in [5.74, 6) is 0.0927. The number of nitrogens with zero attached hydrogens (tertiary/aromatic N) is 1. The lowest BCUT2D eigenvalue weighted by molar-refractivity contribution is -0.138. The molecule has 1 rings (SSSR count). The van der Waals surface area contributed by atoms with Gasteiger partial charge in [-0.25, -0.2) is 0 Å². The normalized spacial score (nSPS) is 19.8. The topological polar surface area (TPSA) is 54.5 Å². The van der Waals surface area contributed by atoms with Gasteiger partial charge >= 0.3 is 0 Å². The van der Waals surface area contributed by atoms with E-state index in [1.54, 1.807) is 18.7 Å². The monoisotopic (exact) mass is 411 g/mol. The summed E-state index contributed by atoms with van der Waals surface area (Å²) in [7, 11) is 0. The molecule has 0 aliphatic carbocycles. The van der Waals surface area contributed by atoms with E-state index in [2.05, 4.69) is 22.6 Å². The second-order valence-electron chi connectivity index (χ2n) is 5.57. The summed E-state index contributed by atoms with van der Waals surface area (Å²) in [5, 5.41) is -0.230. The van der Waals surface area contributed by atoms with Crippen molar-refractivity contribution in [3.63, 3.8) is 0 Å². The minimum absolute atomic E-state index is 0.0451. The highest BCUT2D eigenvalue weighted by Crippen LogP contribution is 2.39. The Morgan fingerprint density at radius 2 is 2.00 bits per heavy atom. The lowest BCUT2D eigenvalue weighted by Gasteiger charge is -2.20. The minimum Gasteiger partial charge on any atom is -0.300 e. The average Bonchev–Trinajstić information content (AvgIpc) is 2.53. The van der Waals surface area contributed by atoms with Gasteiger partial charge in [0, 0.05) is 19.4 Å². The van der Waals surface area contributed by atoms with Crippen LogP contribution in [0, 0.1) is 0 Å². The molecule has 0 radical (unpaired) electrons. The molecule has 0 spiro atoms. The van der Waals surface area contributed by atoms with E-state index in [9.17, 15) is 14.4 Å². The maximum atomic E-state index is 12.2. The summed E-state index contributed by atoms with van der Waals surface area (Å²) in [6.45, 7) is 6.16. The van der Waals surface area contributed by atoms with Crippen molar-refractivity contribution in [3.8, 4) is 0 Å². The molecule has 1 aliphatic rings. The minimum atomic E-state index is -0.230. The van der Waals surface area contributed by atoms with Crippen molar-refractivity contribution in [2.24, 2.45) is 0 Å². The number of amides is 2. The molecule has 1 heterocycles. The summed E-state index contributed by atoms with van der Waals surface area (Å²) in [4.78, 5) is 36.3. The fourth-order valence-corrected chi connectivity index (χ4v) is 4.19. The first kappa shape index (κ1) is 17.9. The molecule has 20 heavy (non-hydrogen) atoms. The molecule has 1 atom stereocenters. The SMILES string of the molecule is CC(=O)CCCCCN1C(=O)CC(SC(C)(C)I)C1=O. The molecule has 4 nitrogen and oxygen atoms in total. The van der Waals surface area contributed by atoms with Gasteiger partial charge in [-0.3, -0.25) is 14.5 Å². The Hall–Kier alpha value is -0.110. The average molecular weight is 411 g/mol. The standard InChI is InChI=1S/C14H22INO3S/c1-10(17)7-5-4-6-8-16-12(18)9-11(13(16)19)20-14(2,3)15/h11H,4-9H2,1-3H3. The van der Waals surface area contributed by atoms with Crippen LogP contribution in [0.1, 0.15) is 52.9 Å². The van der Waals surface area contributed by atoms with Gasteiger partial charge in [-0.1, -0.05) is 29.0 Å². The molecule has 0 aromatic carbocycles. The van der Waals surface area contributed by atoms with Crippen LogP contribution >= 0.6 is 34.4 Å². The number of halogens is 1. The van der Waals surface area contributed by atoms with E-state index in [-0.39, 0.29) is 25.6 Å². The van der Waals surface area contributed by atoms with Crippen LogP contribution in [0.3, 0.4) is 0 Å². The van der Waals surface area contributed by atoms with Crippen LogP contribution in [0.15, 0.2) is 0 Å². The van der Waals surface area contributed by atoms with Crippen molar-refractivity contribution in [2.75, 3.05) is 6.54 Å². The van der Waals surface area contributed by atoms with Crippen LogP contribution in [0.4, 0.5) is 0 Å². The highest BCUT2D eigenvalue weighted by Gasteiger charge is 2.40. The molecule has 114 valence electrons. The molecule has 0 aromatic heterocycles. The first-order valence-corrected chi connectivity index (χ1v) is 8.87. The van der Waals surface area contributed by atoms with Crippen molar-refractivity contribution >= 4 is 52.0 Å². The smallest absolute Gasteiger partial charge is 0.242 e. The Morgan fingerprint density at radius 1 is 1.35 bits per heavy atom. The summed E-state index contributed by atoms with van der Waals surface area (Å²) >= 11 is 3.84. The molecule has 1 saturated heterocycles. The third kappa shape index (κ3) is 6.11. The van der Waals surface area contributed by atoms with E-state index in [0.717, 1.165) is 19.3 Å². The van der Waals surface area contributed by atoms with Crippen LogP contribution < -0.4 is 0 Å². The van der Waals surface area contributed by atoms with Crippen LogP contribution in [0.25, 0.3) is 0 Å². The Bertz CT molecular complexity index is 392. The van der Waals surface area contributed by atoms with Crippen LogP contribution in [-0.2, 0) is 14.4 Å². The molecule has 0 bridgehead atoms. The number of alkyl halides is 1. The van der Waals surface area contributed by atoms with E-state index in [1.807, 2.05) is 13.8 Å². The molecule has 6 heteroatoms. The van der Waals surface area contributed by atoms with E-state index < -0.39 is 0 Å². The predicted molar refractivity (Wildman–Crippen MR) is 90.0 cm³/mol. The number of unbranched alkanes of at least 4 members (excludes halogenated alkanes) is 2. The largest absolute Gasteiger partial charge is 0.300 e. The van der Waals surface area contributed by atoms with Gasteiger partial charge in [-0.05, 0) is 33.6 Å². The maximum absolute atomic E-state index is 12.2. The van der Waals surface area contributed by atoms with Crippen LogP contribution in [-0.4, -0.2) is 37.0 Å². The molecular formula is C14H22INO3S. The zero-order valence-corrected chi connectivity index (χ0v) is 15.3. The number of imide groups is 1. The van der Waals surface area contributed by atoms with Gasteiger partial charge < -0.3 is 4.79 Å². The third-order valence-corrected chi connectivity index (χ3v) is 5.01. The van der Waals surface area contributed by atoms with Crippen molar-refractivity contribution < 1.29 is 14.4 Å². The maximum Gasteiger partial charge on any atom is 0.242 e. The predicted octanol–water partition coefficient (Wildman–Crippen LogP) is 3.17. The highest BCUT2D eigenvalue weighted by molar-refractivity contribution is 14.1. The summed E-state index contributed by atoms with van der Waals surface area (Å²) < 4.78 is -0.0458. The van der Waals surface area contributed by atoms with Gasteiger partial charge in [0.15, 0.2) is 0 Å². The molecule has 2 amide bonds. The number of thioether (sulfide) groups is 1. The number of hydrogen-bond acceptors (Lipinski definition) is 4. The Labute approximate surface area is 138 Å². The first-order chi connectivity index (χ1) is 9.20. The molecular weight excluding hydrogens is 389 g/mol. The number of carbonyl (C=O) groups excluding carboxylic acids is 3. The lowest BCUT2D eigenvalue weighted by atomic mass is 10.1.